The number of amides is 1. The molecule has 0 aromatic carbocycles. The SMILES string of the molecule is Cc1nc(C)c(-c2nnc(SC(C)C(=O)NC3CCCCC3C)o2)s1. The Labute approximate surface area is 156 Å². The smallest absolute Gasteiger partial charge is 0.277 e. The molecule has 0 aliphatic heterocycles. The summed E-state index contributed by atoms with van der Waals surface area (Å²) in [5, 5.41) is 12.5. The van der Waals surface area contributed by atoms with E-state index in [9.17, 15) is 4.79 Å². The van der Waals surface area contributed by atoms with E-state index >= 15 is 0 Å². The van der Waals surface area contributed by atoms with Gasteiger partial charge in [0, 0.05) is 6.04 Å². The molecule has 6 nitrogen and oxygen atoms in total. The number of hydrogen-bond donors (Lipinski definition) is 1. The zero-order valence-electron chi connectivity index (χ0n) is 15.0. The van der Waals surface area contributed by atoms with E-state index in [2.05, 4.69) is 27.4 Å². The lowest BCUT2D eigenvalue weighted by Crippen LogP contribution is -2.44. The van der Waals surface area contributed by atoms with Crippen molar-refractivity contribution in [3.05, 3.63) is 10.7 Å². The van der Waals surface area contributed by atoms with Crippen molar-refractivity contribution in [1.82, 2.24) is 20.5 Å². The van der Waals surface area contributed by atoms with Crippen molar-refractivity contribution in [3.63, 3.8) is 0 Å². The number of carbonyl (C=O) groups excluding carboxylic acids is 1. The van der Waals surface area contributed by atoms with Crippen LogP contribution in [0.25, 0.3) is 10.8 Å². The van der Waals surface area contributed by atoms with Crippen LogP contribution in [0, 0.1) is 19.8 Å². The van der Waals surface area contributed by atoms with Crippen LogP contribution in [0.1, 0.15) is 50.2 Å². The molecule has 1 fully saturated rings. The van der Waals surface area contributed by atoms with Gasteiger partial charge in [-0.15, -0.1) is 21.5 Å². The highest BCUT2D eigenvalue weighted by molar-refractivity contribution is 8.00. The lowest BCUT2D eigenvalue weighted by Gasteiger charge is -2.30. The van der Waals surface area contributed by atoms with Crippen LogP contribution in [0.2, 0.25) is 0 Å². The van der Waals surface area contributed by atoms with Gasteiger partial charge >= 0.3 is 0 Å². The Bertz CT molecular complexity index is 743. The number of aromatic nitrogens is 3. The Morgan fingerprint density at radius 1 is 1.32 bits per heavy atom. The first-order chi connectivity index (χ1) is 11.9. The summed E-state index contributed by atoms with van der Waals surface area (Å²) in [6, 6.07) is 0.283. The van der Waals surface area contributed by atoms with Gasteiger partial charge in [0.2, 0.25) is 5.91 Å². The summed E-state index contributed by atoms with van der Waals surface area (Å²) >= 11 is 2.84. The maximum atomic E-state index is 12.5. The fraction of sp³-hybridized carbons (Fsp3) is 0.647. The third kappa shape index (κ3) is 4.41. The summed E-state index contributed by atoms with van der Waals surface area (Å²) in [4.78, 5) is 17.7. The van der Waals surface area contributed by atoms with Crippen LogP contribution in [0.15, 0.2) is 9.64 Å². The summed E-state index contributed by atoms with van der Waals surface area (Å²) < 4.78 is 5.73. The average molecular weight is 381 g/mol. The Kier molecular flexibility index (Phi) is 5.78. The summed E-state index contributed by atoms with van der Waals surface area (Å²) in [7, 11) is 0. The minimum absolute atomic E-state index is 0.0355. The van der Waals surface area contributed by atoms with Gasteiger partial charge in [0.25, 0.3) is 11.1 Å². The summed E-state index contributed by atoms with van der Waals surface area (Å²) in [5.74, 6) is 1.05. The van der Waals surface area contributed by atoms with Crippen molar-refractivity contribution >= 4 is 29.0 Å². The molecule has 2 aromatic heterocycles. The van der Waals surface area contributed by atoms with E-state index < -0.39 is 0 Å². The monoisotopic (exact) mass is 380 g/mol. The Morgan fingerprint density at radius 3 is 2.76 bits per heavy atom. The number of rotatable bonds is 5. The molecule has 1 N–H and O–H groups in total. The van der Waals surface area contributed by atoms with Crippen molar-refractivity contribution in [2.75, 3.05) is 0 Å². The van der Waals surface area contributed by atoms with E-state index in [0.29, 0.717) is 17.0 Å². The maximum absolute atomic E-state index is 12.5. The molecule has 3 atom stereocenters. The number of carbonyl (C=O) groups is 1. The van der Waals surface area contributed by atoms with Gasteiger partial charge in [-0.05, 0) is 39.5 Å². The molecular formula is C17H24N4O2S2. The number of hydrogen-bond acceptors (Lipinski definition) is 7. The van der Waals surface area contributed by atoms with Gasteiger partial charge in [-0.2, -0.15) is 0 Å². The molecule has 2 heterocycles. The normalized spacial score (nSPS) is 21.9. The topological polar surface area (TPSA) is 80.9 Å². The minimum atomic E-state index is -0.272. The predicted octanol–water partition coefficient (Wildman–Crippen LogP) is 3.99. The third-order valence-corrected chi connectivity index (χ3v) is 6.59. The molecule has 3 rings (SSSR count). The van der Waals surface area contributed by atoms with Crippen LogP contribution in [0.3, 0.4) is 0 Å². The lowest BCUT2D eigenvalue weighted by molar-refractivity contribution is -0.121. The molecule has 136 valence electrons. The Morgan fingerprint density at radius 2 is 2.08 bits per heavy atom. The standard InChI is InChI=1S/C17H24N4O2S2/c1-9-7-5-6-8-13(9)19-15(22)11(3)24-17-21-20-16(23-17)14-10(2)18-12(4)25-14/h9,11,13H,5-8H2,1-4H3,(H,19,22). The van der Waals surface area contributed by atoms with E-state index in [1.165, 1.54) is 42.4 Å². The Hall–Kier alpha value is -1.41. The van der Waals surface area contributed by atoms with Gasteiger partial charge in [0.1, 0.15) is 4.88 Å². The molecule has 1 saturated carbocycles. The van der Waals surface area contributed by atoms with Crippen molar-refractivity contribution < 1.29 is 9.21 Å². The van der Waals surface area contributed by atoms with Crippen LogP contribution in [0.5, 0.6) is 0 Å². The van der Waals surface area contributed by atoms with Crippen LogP contribution >= 0.6 is 23.1 Å². The minimum Gasteiger partial charge on any atom is -0.410 e. The molecular weight excluding hydrogens is 356 g/mol. The van der Waals surface area contributed by atoms with Crippen molar-refractivity contribution in [1.29, 1.82) is 0 Å². The average Bonchev–Trinajstić information content (AvgIpc) is 3.15. The molecule has 8 heteroatoms. The number of nitrogens with zero attached hydrogens (tertiary/aromatic N) is 3. The number of thiazole rings is 1. The molecule has 1 amide bonds. The second-order valence-corrected chi connectivity index (χ2v) is 9.15. The zero-order valence-corrected chi connectivity index (χ0v) is 16.7. The molecule has 3 unspecified atom stereocenters. The first-order valence-corrected chi connectivity index (χ1v) is 10.4. The van der Waals surface area contributed by atoms with E-state index in [1.54, 1.807) is 0 Å². The first kappa shape index (κ1) is 18.4. The van der Waals surface area contributed by atoms with Gasteiger partial charge in [-0.1, -0.05) is 31.5 Å². The quantitative estimate of drug-likeness (QED) is 0.790. The van der Waals surface area contributed by atoms with E-state index in [0.717, 1.165) is 22.0 Å². The molecule has 0 spiro atoms. The molecule has 0 bridgehead atoms. The maximum Gasteiger partial charge on any atom is 0.277 e. The first-order valence-electron chi connectivity index (χ1n) is 8.69. The van der Waals surface area contributed by atoms with Gasteiger partial charge in [0.05, 0.1) is 16.0 Å². The number of thioether (sulfide) groups is 1. The van der Waals surface area contributed by atoms with Gasteiger partial charge in [-0.25, -0.2) is 4.98 Å². The van der Waals surface area contributed by atoms with Gasteiger partial charge in [0.15, 0.2) is 0 Å². The molecule has 0 radical (unpaired) electrons. The molecule has 25 heavy (non-hydrogen) atoms. The largest absolute Gasteiger partial charge is 0.410 e. The molecule has 2 aromatic rings. The highest BCUT2D eigenvalue weighted by Gasteiger charge is 2.26. The Balaban J connectivity index is 1.60. The number of aryl methyl sites for hydroxylation is 2. The number of nitrogens with one attached hydrogen (secondary N) is 1. The molecule has 0 saturated heterocycles. The van der Waals surface area contributed by atoms with Crippen molar-refractivity contribution in [2.24, 2.45) is 5.92 Å². The fourth-order valence-electron chi connectivity index (χ4n) is 3.11. The van der Waals surface area contributed by atoms with E-state index in [-0.39, 0.29) is 17.2 Å². The van der Waals surface area contributed by atoms with Gasteiger partial charge in [-0.3, -0.25) is 4.79 Å². The van der Waals surface area contributed by atoms with Crippen molar-refractivity contribution in [2.45, 2.75) is 69.9 Å². The van der Waals surface area contributed by atoms with Crippen molar-refractivity contribution in [3.8, 4) is 10.8 Å². The second-order valence-electron chi connectivity index (χ2n) is 6.66. The summed E-state index contributed by atoms with van der Waals surface area (Å²) in [6.45, 7) is 7.97. The van der Waals surface area contributed by atoms with Crippen LogP contribution in [0.4, 0.5) is 0 Å². The van der Waals surface area contributed by atoms with Crippen LogP contribution in [-0.4, -0.2) is 32.4 Å². The van der Waals surface area contributed by atoms with E-state index in [1.807, 2.05) is 20.8 Å². The third-order valence-electron chi connectivity index (χ3n) is 4.59. The highest BCUT2D eigenvalue weighted by atomic mass is 32.2. The summed E-state index contributed by atoms with van der Waals surface area (Å²) in [5.41, 5.74) is 0.889. The predicted molar refractivity (Wildman–Crippen MR) is 99.8 cm³/mol. The summed E-state index contributed by atoms with van der Waals surface area (Å²) in [6.07, 6.45) is 4.71. The van der Waals surface area contributed by atoms with Gasteiger partial charge < -0.3 is 9.73 Å². The molecule has 1 aliphatic rings. The lowest BCUT2D eigenvalue weighted by atomic mass is 9.86. The molecule has 1 aliphatic carbocycles. The van der Waals surface area contributed by atoms with Crippen LogP contribution in [-0.2, 0) is 4.79 Å². The zero-order chi connectivity index (χ0) is 18.0. The fourth-order valence-corrected chi connectivity index (χ4v) is 4.65. The highest BCUT2D eigenvalue weighted by Crippen LogP contribution is 2.32. The van der Waals surface area contributed by atoms with Crippen LogP contribution < -0.4 is 5.32 Å². The second kappa shape index (κ2) is 7.86. The van der Waals surface area contributed by atoms with E-state index in [4.69, 9.17) is 4.42 Å².